The number of piperidine rings is 1. The number of likely N-dealkylation sites (tertiary alicyclic amines) is 1. The highest BCUT2D eigenvalue weighted by atomic mass is 127. The Hall–Kier alpha value is -1.58. The van der Waals surface area contributed by atoms with E-state index in [1.54, 1.807) is 13.2 Å². The molecule has 0 atom stereocenters. The van der Waals surface area contributed by atoms with E-state index in [1.165, 1.54) is 12.8 Å². The molecule has 3 rings (SSSR count). The van der Waals surface area contributed by atoms with Gasteiger partial charge in [0.2, 0.25) is 11.8 Å². The quantitative estimate of drug-likeness (QED) is 0.341. The van der Waals surface area contributed by atoms with E-state index in [1.807, 2.05) is 19.2 Å². The highest BCUT2D eigenvalue weighted by Crippen LogP contribution is 2.29. The molecule has 1 amide bonds. The summed E-state index contributed by atoms with van der Waals surface area (Å²) in [7, 11) is 3.51. The van der Waals surface area contributed by atoms with Crippen molar-refractivity contribution in [3.05, 3.63) is 23.9 Å². The van der Waals surface area contributed by atoms with Crippen LogP contribution in [0, 0.1) is 11.8 Å². The molecule has 1 saturated heterocycles. The molecule has 1 aliphatic heterocycles. The molecule has 2 fully saturated rings. The van der Waals surface area contributed by atoms with Gasteiger partial charge in [-0.15, -0.1) is 24.0 Å². The molecule has 0 radical (unpaired) electrons. The Morgan fingerprint density at radius 3 is 2.68 bits per heavy atom. The molecule has 1 saturated carbocycles. The minimum atomic E-state index is 0. The molecular formula is C20H32IN5O2. The van der Waals surface area contributed by atoms with Gasteiger partial charge >= 0.3 is 0 Å². The van der Waals surface area contributed by atoms with E-state index in [0.717, 1.165) is 50.0 Å². The van der Waals surface area contributed by atoms with Crippen molar-refractivity contribution < 1.29 is 9.53 Å². The molecule has 0 aromatic carbocycles. The molecule has 2 N–H and O–H groups in total. The minimum Gasteiger partial charge on any atom is -0.477 e. The first-order valence-corrected chi connectivity index (χ1v) is 9.92. The fourth-order valence-corrected chi connectivity index (χ4v) is 3.35. The van der Waals surface area contributed by atoms with Crippen LogP contribution in [0.15, 0.2) is 23.3 Å². The first-order chi connectivity index (χ1) is 13.2. The number of nitrogens with one attached hydrogen (secondary N) is 2. The van der Waals surface area contributed by atoms with E-state index in [4.69, 9.17) is 4.74 Å². The SMILES string of the molecule is CN=C(NCc1ccnc(OCC2CC2)c1)N1CCC(CC(=O)NC)CC1.I. The number of guanidine groups is 1. The Bertz CT molecular complexity index is 658. The number of rotatable bonds is 7. The molecular weight excluding hydrogens is 469 g/mol. The summed E-state index contributed by atoms with van der Waals surface area (Å²) >= 11 is 0. The van der Waals surface area contributed by atoms with Crippen molar-refractivity contribution in [3.8, 4) is 5.88 Å². The number of nitrogens with zero attached hydrogens (tertiary/aromatic N) is 3. The van der Waals surface area contributed by atoms with Gasteiger partial charge in [0.25, 0.3) is 0 Å². The van der Waals surface area contributed by atoms with E-state index in [2.05, 4.69) is 25.5 Å². The zero-order valence-corrected chi connectivity index (χ0v) is 19.1. The number of aromatic nitrogens is 1. The summed E-state index contributed by atoms with van der Waals surface area (Å²) in [6.45, 7) is 3.31. The standard InChI is InChI=1S/C20H31N5O2.HI/c1-21-18(26)11-15-6-9-25(10-7-15)20(22-2)24-13-17-5-8-23-19(12-17)27-14-16-3-4-16;/h5,8,12,15-16H,3-4,6-7,9-11,13-14H2,1-2H3,(H,21,26)(H,22,24);1H. The van der Waals surface area contributed by atoms with Gasteiger partial charge in [-0.05, 0) is 49.1 Å². The number of halogens is 1. The number of amides is 1. The number of ether oxygens (including phenoxy) is 1. The van der Waals surface area contributed by atoms with E-state index in [-0.39, 0.29) is 29.9 Å². The minimum absolute atomic E-state index is 0. The summed E-state index contributed by atoms with van der Waals surface area (Å²) in [4.78, 5) is 22.5. The van der Waals surface area contributed by atoms with Gasteiger partial charge in [-0.2, -0.15) is 0 Å². The Kier molecular flexibility index (Phi) is 9.27. The second kappa shape index (κ2) is 11.4. The molecule has 0 unspecified atom stereocenters. The maximum Gasteiger partial charge on any atom is 0.220 e. The van der Waals surface area contributed by atoms with Gasteiger partial charge in [0.05, 0.1) is 6.61 Å². The third kappa shape index (κ3) is 7.10. The van der Waals surface area contributed by atoms with Gasteiger partial charge in [0.15, 0.2) is 5.96 Å². The van der Waals surface area contributed by atoms with Crippen molar-refractivity contribution in [3.63, 3.8) is 0 Å². The molecule has 1 aromatic heterocycles. The van der Waals surface area contributed by atoms with Crippen LogP contribution in [-0.4, -0.2) is 55.5 Å². The molecule has 0 bridgehead atoms. The van der Waals surface area contributed by atoms with Crippen LogP contribution >= 0.6 is 24.0 Å². The summed E-state index contributed by atoms with van der Waals surface area (Å²) in [6.07, 6.45) is 7.00. The number of hydrogen-bond acceptors (Lipinski definition) is 4. The van der Waals surface area contributed by atoms with Gasteiger partial charge in [-0.25, -0.2) is 4.98 Å². The zero-order valence-electron chi connectivity index (χ0n) is 16.8. The Morgan fingerprint density at radius 2 is 2.04 bits per heavy atom. The van der Waals surface area contributed by atoms with Crippen LogP contribution in [0.2, 0.25) is 0 Å². The van der Waals surface area contributed by atoms with Gasteiger partial charge in [0, 0.05) is 52.4 Å². The molecule has 1 aromatic rings. The van der Waals surface area contributed by atoms with Gasteiger partial charge < -0.3 is 20.3 Å². The van der Waals surface area contributed by atoms with Gasteiger partial charge in [-0.1, -0.05) is 0 Å². The molecule has 2 aliphatic rings. The first-order valence-electron chi connectivity index (χ1n) is 9.92. The Morgan fingerprint density at radius 1 is 1.29 bits per heavy atom. The highest BCUT2D eigenvalue weighted by molar-refractivity contribution is 14.0. The van der Waals surface area contributed by atoms with Crippen LogP contribution in [0.4, 0.5) is 0 Å². The summed E-state index contributed by atoms with van der Waals surface area (Å²) in [5.74, 6) is 2.93. The summed E-state index contributed by atoms with van der Waals surface area (Å²) in [5.41, 5.74) is 1.13. The molecule has 2 heterocycles. The predicted octanol–water partition coefficient (Wildman–Crippen LogP) is 2.41. The first kappa shape index (κ1) is 22.7. The maximum atomic E-state index is 11.5. The second-order valence-corrected chi connectivity index (χ2v) is 7.47. The average molecular weight is 501 g/mol. The Balaban J connectivity index is 0.00000280. The number of carbonyl (C=O) groups is 1. The number of hydrogen-bond donors (Lipinski definition) is 2. The van der Waals surface area contributed by atoms with Crippen LogP contribution in [0.5, 0.6) is 5.88 Å². The van der Waals surface area contributed by atoms with Gasteiger partial charge in [0.1, 0.15) is 0 Å². The van der Waals surface area contributed by atoms with Crippen molar-refractivity contribution in [2.75, 3.05) is 33.8 Å². The van der Waals surface area contributed by atoms with Crippen LogP contribution in [0.3, 0.4) is 0 Å². The van der Waals surface area contributed by atoms with Crippen LogP contribution in [0.1, 0.15) is 37.7 Å². The van der Waals surface area contributed by atoms with Crippen molar-refractivity contribution in [2.45, 2.75) is 38.6 Å². The molecule has 156 valence electrons. The summed E-state index contributed by atoms with van der Waals surface area (Å²) in [5, 5.41) is 6.15. The Labute approximate surface area is 184 Å². The molecule has 8 heteroatoms. The molecule has 0 spiro atoms. The average Bonchev–Trinajstić information content (AvgIpc) is 3.53. The van der Waals surface area contributed by atoms with Gasteiger partial charge in [-0.3, -0.25) is 9.79 Å². The number of aliphatic imine (C=N–C) groups is 1. The van der Waals surface area contributed by atoms with E-state index < -0.39 is 0 Å². The van der Waals surface area contributed by atoms with Crippen molar-refractivity contribution >= 4 is 35.8 Å². The predicted molar refractivity (Wildman–Crippen MR) is 121 cm³/mol. The highest BCUT2D eigenvalue weighted by Gasteiger charge is 2.23. The topological polar surface area (TPSA) is 78.9 Å². The lowest BCUT2D eigenvalue weighted by Gasteiger charge is -2.34. The zero-order chi connectivity index (χ0) is 19.1. The summed E-state index contributed by atoms with van der Waals surface area (Å²) < 4.78 is 5.76. The molecule has 7 nitrogen and oxygen atoms in total. The molecule has 1 aliphatic carbocycles. The van der Waals surface area contributed by atoms with E-state index in [9.17, 15) is 4.79 Å². The third-order valence-corrected chi connectivity index (χ3v) is 5.29. The fraction of sp³-hybridized carbons (Fsp3) is 0.650. The van der Waals surface area contributed by atoms with Crippen molar-refractivity contribution in [1.29, 1.82) is 0 Å². The number of pyridine rings is 1. The van der Waals surface area contributed by atoms with Crippen LogP contribution in [-0.2, 0) is 11.3 Å². The van der Waals surface area contributed by atoms with Crippen molar-refractivity contribution in [2.24, 2.45) is 16.8 Å². The lowest BCUT2D eigenvalue weighted by molar-refractivity contribution is -0.121. The van der Waals surface area contributed by atoms with Crippen LogP contribution < -0.4 is 15.4 Å². The second-order valence-electron chi connectivity index (χ2n) is 7.47. The van der Waals surface area contributed by atoms with Crippen molar-refractivity contribution in [1.82, 2.24) is 20.5 Å². The summed E-state index contributed by atoms with van der Waals surface area (Å²) in [6, 6.07) is 4.00. The maximum absolute atomic E-state index is 11.5. The van der Waals surface area contributed by atoms with Crippen LogP contribution in [0.25, 0.3) is 0 Å². The molecule has 28 heavy (non-hydrogen) atoms. The smallest absolute Gasteiger partial charge is 0.220 e. The van der Waals surface area contributed by atoms with E-state index >= 15 is 0 Å². The fourth-order valence-electron chi connectivity index (χ4n) is 3.35. The van der Waals surface area contributed by atoms with E-state index in [0.29, 0.717) is 24.8 Å². The lowest BCUT2D eigenvalue weighted by atomic mass is 9.93. The lowest BCUT2D eigenvalue weighted by Crippen LogP contribution is -2.45. The number of carbonyl (C=O) groups excluding carboxylic acids is 1. The monoisotopic (exact) mass is 501 g/mol. The largest absolute Gasteiger partial charge is 0.477 e. The third-order valence-electron chi connectivity index (χ3n) is 5.29. The normalized spacial score (nSPS) is 17.6.